The summed E-state index contributed by atoms with van der Waals surface area (Å²) in [7, 11) is 0. The van der Waals surface area contributed by atoms with Crippen LogP contribution in [0.4, 0.5) is 4.39 Å². The lowest BCUT2D eigenvalue weighted by molar-refractivity contribution is 0.0689. The van der Waals surface area contributed by atoms with Crippen LogP contribution in [0.5, 0.6) is 5.88 Å². The number of aliphatic hydroxyl groups is 1. The van der Waals surface area contributed by atoms with Gasteiger partial charge in [0, 0.05) is 13.1 Å². The second-order valence-corrected chi connectivity index (χ2v) is 7.37. The molecule has 0 bridgehead atoms. The first kappa shape index (κ1) is 16.4. The zero-order valence-electron chi connectivity index (χ0n) is 13.8. The number of fused-ring (bicyclic) bond motifs is 1. The van der Waals surface area contributed by atoms with Crippen LogP contribution in [0.1, 0.15) is 35.1 Å². The normalized spacial score (nSPS) is 18.0. The van der Waals surface area contributed by atoms with Gasteiger partial charge in [0.2, 0.25) is 10.8 Å². The average Bonchev–Trinajstić information content (AvgIpc) is 3.09. The van der Waals surface area contributed by atoms with Gasteiger partial charge >= 0.3 is 0 Å². The van der Waals surface area contributed by atoms with E-state index in [0.29, 0.717) is 36.7 Å². The van der Waals surface area contributed by atoms with Crippen LogP contribution in [-0.2, 0) is 0 Å². The van der Waals surface area contributed by atoms with E-state index in [1.807, 2.05) is 0 Å². The first-order valence-corrected chi connectivity index (χ1v) is 9.07. The van der Waals surface area contributed by atoms with E-state index in [2.05, 4.69) is 15.0 Å². The third kappa shape index (κ3) is 3.01. The lowest BCUT2D eigenvalue weighted by Gasteiger charge is -2.36. The number of halogens is 1. The summed E-state index contributed by atoms with van der Waals surface area (Å²) in [5.74, 6) is 0.382. The maximum Gasteiger partial charge on any atom is 0.230 e. The van der Waals surface area contributed by atoms with E-state index in [9.17, 15) is 14.6 Å². The number of aromatic nitrogens is 3. The zero-order valence-corrected chi connectivity index (χ0v) is 14.6. The van der Waals surface area contributed by atoms with E-state index in [1.165, 1.54) is 28.0 Å². The van der Waals surface area contributed by atoms with Gasteiger partial charge < -0.3 is 10.2 Å². The van der Waals surface area contributed by atoms with E-state index in [4.69, 9.17) is 0 Å². The summed E-state index contributed by atoms with van der Waals surface area (Å²) in [6.07, 6.45) is 1.07. The minimum absolute atomic E-state index is 0.0704. The average molecular weight is 362 g/mol. The Hall–Kier alpha value is -2.03. The molecule has 1 saturated heterocycles. The number of hydrogen-bond donors (Lipinski definition) is 2. The summed E-state index contributed by atoms with van der Waals surface area (Å²) in [5, 5.41) is 24.7. The van der Waals surface area contributed by atoms with Crippen LogP contribution in [0.15, 0.2) is 24.3 Å². The lowest BCUT2D eigenvalue weighted by Crippen LogP contribution is -2.38. The van der Waals surface area contributed by atoms with Crippen molar-refractivity contribution >= 4 is 16.3 Å². The van der Waals surface area contributed by atoms with Gasteiger partial charge in [0.15, 0.2) is 0 Å². The predicted octanol–water partition coefficient (Wildman–Crippen LogP) is 2.49. The predicted molar refractivity (Wildman–Crippen MR) is 92.3 cm³/mol. The highest BCUT2D eigenvalue weighted by atomic mass is 32.1. The van der Waals surface area contributed by atoms with Crippen LogP contribution < -0.4 is 0 Å². The van der Waals surface area contributed by atoms with E-state index < -0.39 is 0 Å². The summed E-state index contributed by atoms with van der Waals surface area (Å²) in [4.78, 5) is 7.91. The van der Waals surface area contributed by atoms with E-state index in [-0.39, 0.29) is 23.8 Å². The molecule has 8 heteroatoms. The van der Waals surface area contributed by atoms with Gasteiger partial charge in [0.25, 0.3) is 0 Å². The number of nitrogens with zero attached hydrogens (tertiary/aromatic N) is 4. The number of rotatable bonds is 3. The third-order valence-corrected chi connectivity index (χ3v) is 5.68. The molecule has 6 nitrogen and oxygen atoms in total. The molecule has 1 aliphatic heterocycles. The highest BCUT2D eigenvalue weighted by molar-refractivity contribution is 7.17. The highest BCUT2D eigenvalue weighted by Crippen LogP contribution is 2.40. The number of aromatic hydroxyl groups is 1. The second kappa shape index (κ2) is 6.36. The molecule has 25 heavy (non-hydrogen) atoms. The van der Waals surface area contributed by atoms with Crippen molar-refractivity contribution in [2.45, 2.75) is 31.9 Å². The van der Waals surface area contributed by atoms with Crippen LogP contribution in [0, 0.1) is 12.7 Å². The zero-order chi connectivity index (χ0) is 17.6. The molecule has 1 atom stereocenters. The number of aliphatic hydroxyl groups excluding tert-OH is 1. The van der Waals surface area contributed by atoms with Gasteiger partial charge in [-0.3, -0.25) is 4.90 Å². The number of aryl methyl sites for hydroxylation is 1. The van der Waals surface area contributed by atoms with Gasteiger partial charge in [0.1, 0.15) is 11.6 Å². The number of hydrogen-bond acceptors (Lipinski definition) is 6. The van der Waals surface area contributed by atoms with E-state index in [0.717, 1.165) is 10.4 Å². The molecule has 4 rings (SSSR count). The SMILES string of the molecule is Cc1nc2sc([C@@H](c3ccc(F)cc3)N3CCC(O)CC3)c(O)n2n1. The fraction of sp³-hybridized carbons (Fsp3) is 0.412. The quantitative estimate of drug-likeness (QED) is 0.749. The number of piperidine rings is 1. The van der Waals surface area contributed by atoms with Crippen molar-refractivity contribution in [3.63, 3.8) is 0 Å². The fourth-order valence-electron chi connectivity index (χ4n) is 3.34. The first-order valence-electron chi connectivity index (χ1n) is 8.25. The van der Waals surface area contributed by atoms with Gasteiger partial charge in [-0.1, -0.05) is 23.5 Å². The van der Waals surface area contributed by atoms with Crippen molar-refractivity contribution in [3.05, 3.63) is 46.3 Å². The molecule has 0 radical (unpaired) electrons. The maximum atomic E-state index is 13.4. The topological polar surface area (TPSA) is 73.9 Å². The van der Waals surface area contributed by atoms with Crippen LogP contribution in [-0.4, -0.2) is 48.9 Å². The van der Waals surface area contributed by atoms with Gasteiger partial charge in [-0.15, -0.1) is 5.10 Å². The Balaban J connectivity index is 1.79. The van der Waals surface area contributed by atoms with E-state index in [1.54, 1.807) is 19.1 Å². The van der Waals surface area contributed by atoms with Gasteiger partial charge in [0.05, 0.1) is 17.0 Å². The number of benzene rings is 1. The van der Waals surface area contributed by atoms with Crippen LogP contribution in [0.25, 0.3) is 4.96 Å². The third-order valence-electron chi connectivity index (χ3n) is 4.60. The Morgan fingerprint density at radius 1 is 1.24 bits per heavy atom. The summed E-state index contributed by atoms with van der Waals surface area (Å²) >= 11 is 1.39. The minimum atomic E-state index is -0.293. The van der Waals surface area contributed by atoms with Gasteiger partial charge in [-0.25, -0.2) is 9.37 Å². The molecular weight excluding hydrogens is 343 g/mol. The molecule has 3 aromatic rings. The van der Waals surface area contributed by atoms with Crippen molar-refractivity contribution in [2.24, 2.45) is 0 Å². The monoisotopic (exact) mass is 362 g/mol. The van der Waals surface area contributed by atoms with Crippen molar-refractivity contribution in [1.29, 1.82) is 0 Å². The molecule has 1 fully saturated rings. The largest absolute Gasteiger partial charge is 0.492 e. The van der Waals surface area contributed by atoms with Crippen molar-refractivity contribution in [1.82, 2.24) is 19.5 Å². The Labute approximate surface area is 148 Å². The Kier molecular flexibility index (Phi) is 4.18. The van der Waals surface area contributed by atoms with Crippen LogP contribution in [0.3, 0.4) is 0 Å². The molecule has 2 N–H and O–H groups in total. The fourth-order valence-corrected chi connectivity index (χ4v) is 4.51. The van der Waals surface area contributed by atoms with Gasteiger partial charge in [-0.05, 0) is 37.5 Å². The number of thiazole rings is 1. The molecule has 0 saturated carbocycles. The maximum absolute atomic E-state index is 13.4. The Bertz CT molecular complexity index is 884. The Morgan fingerprint density at radius 3 is 2.56 bits per heavy atom. The van der Waals surface area contributed by atoms with Crippen molar-refractivity contribution < 1.29 is 14.6 Å². The smallest absolute Gasteiger partial charge is 0.230 e. The second-order valence-electron chi connectivity index (χ2n) is 6.36. The minimum Gasteiger partial charge on any atom is -0.492 e. The molecule has 1 aliphatic rings. The van der Waals surface area contributed by atoms with Crippen molar-refractivity contribution in [2.75, 3.05) is 13.1 Å². The molecule has 132 valence electrons. The molecule has 3 heterocycles. The number of likely N-dealkylation sites (tertiary alicyclic amines) is 1. The highest BCUT2D eigenvalue weighted by Gasteiger charge is 2.31. The van der Waals surface area contributed by atoms with Crippen LogP contribution >= 0.6 is 11.3 Å². The molecule has 1 aromatic carbocycles. The summed E-state index contributed by atoms with van der Waals surface area (Å²) in [6.45, 7) is 3.19. The van der Waals surface area contributed by atoms with Crippen molar-refractivity contribution in [3.8, 4) is 5.88 Å². The first-order chi connectivity index (χ1) is 12.0. The lowest BCUT2D eigenvalue weighted by atomic mass is 9.99. The standard InChI is InChI=1S/C17H19FN4O2S/c1-10-19-17-22(20-10)16(24)15(25-17)14(11-2-4-12(18)5-3-11)21-8-6-13(23)7-9-21/h2-5,13-14,23-24H,6-9H2,1H3/t14-/m1/s1. The molecular formula is C17H19FN4O2S. The van der Waals surface area contributed by atoms with Gasteiger partial charge in [-0.2, -0.15) is 4.52 Å². The summed E-state index contributed by atoms with van der Waals surface area (Å²) < 4.78 is 14.8. The molecule has 0 unspecified atom stereocenters. The van der Waals surface area contributed by atoms with E-state index >= 15 is 0 Å². The van der Waals surface area contributed by atoms with Crippen LogP contribution in [0.2, 0.25) is 0 Å². The molecule has 2 aromatic heterocycles. The molecule has 0 aliphatic carbocycles. The Morgan fingerprint density at radius 2 is 1.92 bits per heavy atom. The summed E-state index contributed by atoms with van der Waals surface area (Å²) in [5.41, 5.74) is 0.898. The summed E-state index contributed by atoms with van der Waals surface area (Å²) in [6, 6.07) is 6.12. The molecule has 0 spiro atoms. The molecule has 0 amide bonds.